The highest BCUT2D eigenvalue weighted by Crippen LogP contribution is 2.43. The SMILES string of the molecule is NCC1(c2nc3ccccc3n2CCO)CCC1. The zero-order valence-electron chi connectivity index (χ0n) is 10.5. The van der Waals surface area contributed by atoms with Crippen molar-refractivity contribution in [2.75, 3.05) is 13.2 Å². The second-order valence-corrected chi connectivity index (χ2v) is 5.14. The Morgan fingerprint density at radius 3 is 2.72 bits per heavy atom. The summed E-state index contributed by atoms with van der Waals surface area (Å²) in [6.45, 7) is 1.37. The van der Waals surface area contributed by atoms with Crippen molar-refractivity contribution in [2.45, 2.75) is 31.2 Å². The van der Waals surface area contributed by atoms with E-state index in [4.69, 9.17) is 10.7 Å². The van der Waals surface area contributed by atoms with Crippen molar-refractivity contribution >= 4 is 11.0 Å². The number of nitrogens with two attached hydrogens (primary N) is 1. The summed E-state index contributed by atoms with van der Waals surface area (Å²) in [5, 5.41) is 9.27. The third-order valence-corrected chi connectivity index (χ3v) is 4.15. The molecule has 96 valence electrons. The van der Waals surface area contributed by atoms with E-state index in [0.717, 1.165) is 29.7 Å². The Morgan fingerprint density at radius 1 is 1.33 bits per heavy atom. The molecular formula is C14H19N3O. The normalized spacial score (nSPS) is 17.9. The molecule has 0 bridgehead atoms. The summed E-state index contributed by atoms with van der Waals surface area (Å²) in [4.78, 5) is 4.77. The molecule has 4 heteroatoms. The predicted octanol–water partition coefficient (Wildman–Crippen LogP) is 1.41. The van der Waals surface area contributed by atoms with Crippen molar-refractivity contribution in [2.24, 2.45) is 5.73 Å². The zero-order chi connectivity index (χ0) is 12.6. The lowest BCUT2D eigenvalue weighted by Crippen LogP contribution is -2.44. The highest BCUT2D eigenvalue weighted by Gasteiger charge is 2.41. The van der Waals surface area contributed by atoms with E-state index >= 15 is 0 Å². The van der Waals surface area contributed by atoms with Gasteiger partial charge in [0.15, 0.2) is 0 Å². The average molecular weight is 245 g/mol. The van der Waals surface area contributed by atoms with E-state index in [0.29, 0.717) is 13.1 Å². The van der Waals surface area contributed by atoms with E-state index in [9.17, 15) is 5.11 Å². The fourth-order valence-electron chi connectivity index (χ4n) is 2.93. The van der Waals surface area contributed by atoms with E-state index in [1.807, 2.05) is 18.2 Å². The number of nitrogens with zero attached hydrogens (tertiary/aromatic N) is 2. The standard InChI is InChI=1S/C14H19N3O/c15-10-14(6-3-7-14)13-16-11-4-1-2-5-12(11)17(13)8-9-18/h1-2,4-5,18H,3,6-10,15H2. The first-order valence-electron chi connectivity index (χ1n) is 6.57. The molecule has 3 rings (SSSR count). The van der Waals surface area contributed by atoms with E-state index in [1.54, 1.807) is 0 Å². The minimum atomic E-state index is 0.0359. The van der Waals surface area contributed by atoms with Gasteiger partial charge in [-0.25, -0.2) is 4.98 Å². The van der Waals surface area contributed by atoms with Crippen LogP contribution in [0.5, 0.6) is 0 Å². The topological polar surface area (TPSA) is 64.1 Å². The molecule has 0 saturated heterocycles. The van der Waals surface area contributed by atoms with Gasteiger partial charge in [-0.1, -0.05) is 18.6 Å². The van der Waals surface area contributed by atoms with Crippen molar-refractivity contribution in [3.63, 3.8) is 0 Å². The number of rotatable bonds is 4. The molecule has 18 heavy (non-hydrogen) atoms. The van der Waals surface area contributed by atoms with Crippen LogP contribution >= 0.6 is 0 Å². The van der Waals surface area contributed by atoms with Crippen molar-refractivity contribution in [3.8, 4) is 0 Å². The van der Waals surface area contributed by atoms with Gasteiger partial charge in [-0.3, -0.25) is 0 Å². The maximum Gasteiger partial charge on any atom is 0.117 e. The summed E-state index contributed by atoms with van der Waals surface area (Å²) >= 11 is 0. The van der Waals surface area contributed by atoms with E-state index in [2.05, 4.69) is 10.6 Å². The Morgan fingerprint density at radius 2 is 2.11 bits per heavy atom. The molecule has 1 heterocycles. The summed E-state index contributed by atoms with van der Waals surface area (Å²) < 4.78 is 2.14. The molecule has 1 fully saturated rings. The molecule has 0 radical (unpaired) electrons. The molecule has 0 atom stereocenters. The molecular weight excluding hydrogens is 226 g/mol. The Kier molecular flexibility index (Phi) is 2.84. The lowest BCUT2D eigenvalue weighted by Gasteiger charge is -2.40. The minimum Gasteiger partial charge on any atom is -0.395 e. The van der Waals surface area contributed by atoms with E-state index in [1.165, 1.54) is 6.42 Å². The first kappa shape index (κ1) is 11.7. The van der Waals surface area contributed by atoms with Crippen LogP contribution in [0.25, 0.3) is 11.0 Å². The first-order valence-corrected chi connectivity index (χ1v) is 6.57. The van der Waals surface area contributed by atoms with Crippen LogP contribution in [0, 0.1) is 0 Å². The maximum absolute atomic E-state index is 9.27. The molecule has 0 amide bonds. The van der Waals surface area contributed by atoms with Crippen LogP contribution in [0.4, 0.5) is 0 Å². The van der Waals surface area contributed by atoms with Gasteiger partial charge in [-0.2, -0.15) is 0 Å². The van der Waals surface area contributed by atoms with Crippen LogP contribution < -0.4 is 5.73 Å². The van der Waals surface area contributed by atoms with Gasteiger partial charge in [0.1, 0.15) is 5.82 Å². The fraction of sp³-hybridized carbons (Fsp3) is 0.500. The van der Waals surface area contributed by atoms with Gasteiger partial charge in [0, 0.05) is 18.5 Å². The number of hydrogen-bond acceptors (Lipinski definition) is 3. The number of imidazole rings is 1. The molecule has 2 aromatic rings. The van der Waals surface area contributed by atoms with Gasteiger partial charge in [-0.05, 0) is 25.0 Å². The van der Waals surface area contributed by atoms with Crippen LogP contribution in [-0.4, -0.2) is 27.8 Å². The smallest absolute Gasteiger partial charge is 0.117 e. The van der Waals surface area contributed by atoms with Crippen LogP contribution in [-0.2, 0) is 12.0 Å². The first-order chi connectivity index (χ1) is 8.80. The highest BCUT2D eigenvalue weighted by atomic mass is 16.3. The van der Waals surface area contributed by atoms with Gasteiger partial charge in [0.05, 0.1) is 17.6 Å². The summed E-state index contributed by atoms with van der Waals surface area (Å²) in [6, 6.07) is 8.09. The van der Waals surface area contributed by atoms with Crippen LogP contribution in [0.1, 0.15) is 25.1 Å². The van der Waals surface area contributed by atoms with Crippen molar-refractivity contribution in [1.82, 2.24) is 9.55 Å². The molecule has 1 saturated carbocycles. The van der Waals surface area contributed by atoms with E-state index in [-0.39, 0.29) is 12.0 Å². The molecule has 1 aliphatic carbocycles. The Labute approximate surface area is 106 Å². The minimum absolute atomic E-state index is 0.0359. The van der Waals surface area contributed by atoms with Crippen molar-refractivity contribution in [1.29, 1.82) is 0 Å². The Hall–Kier alpha value is -1.39. The van der Waals surface area contributed by atoms with Crippen LogP contribution in [0.15, 0.2) is 24.3 Å². The number of para-hydroxylation sites is 2. The molecule has 0 aliphatic heterocycles. The quantitative estimate of drug-likeness (QED) is 0.856. The lowest BCUT2D eigenvalue weighted by molar-refractivity contribution is 0.220. The summed E-state index contributed by atoms with van der Waals surface area (Å²) in [6.07, 6.45) is 3.44. The molecule has 1 aromatic carbocycles. The van der Waals surface area contributed by atoms with E-state index < -0.39 is 0 Å². The molecule has 1 aliphatic rings. The Bertz CT molecular complexity index is 552. The molecule has 4 nitrogen and oxygen atoms in total. The second-order valence-electron chi connectivity index (χ2n) is 5.14. The lowest BCUT2D eigenvalue weighted by atomic mass is 9.68. The Balaban J connectivity index is 2.18. The second kappa shape index (κ2) is 4.37. The monoisotopic (exact) mass is 245 g/mol. The maximum atomic E-state index is 9.27. The van der Waals surface area contributed by atoms with Crippen molar-refractivity contribution < 1.29 is 5.11 Å². The predicted molar refractivity (Wildman–Crippen MR) is 71.4 cm³/mol. The number of fused-ring (bicyclic) bond motifs is 1. The molecule has 1 aromatic heterocycles. The average Bonchev–Trinajstić information content (AvgIpc) is 2.69. The number of aliphatic hydroxyl groups is 1. The fourth-order valence-corrected chi connectivity index (χ4v) is 2.93. The van der Waals surface area contributed by atoms with Gasteiger partial charge < -0.3 is 15.4 Å². The number of aliphatic hydroxyl groups excluding tert-OH is 1. The van der Waals surface area contributed by atoms with Gasteiger partial charge in [0.25, 0.3) is 0 Å². The summed E-state index contributed by atoms with van der Waals surface area (Å²) in [5.41, 5.74) is 8.11. The summed E-state index contributed by atoms with van der Waals surface area (Å²) in [5.74, 6) is 1.06. The van der Waals surface area contributed by atoms with Gasteiger partial charge in [-0.15, -0.1) is 0 Å². The number of hydrogen-bond donors (Lipinski definition) is 2. The van der Waals surface area contributed by atoms with Crippen LogP contribution in [0.3, 0.4) is 0 Å². The van der Waals surface area contributed by atoms with Gasteiger partial charge >= 0.3 is 0 Å². The largest absolute Gasteiger partial charge is 0.395 e. The van der Waals surface area contributed by atoms with Crippen LogP contribution in [0.2, 0.25) is 0 Å². The molecule has 0 spiro atoms. The molecule has 0 unspecified atom stereocenters. The van der Waals surface area contributed by atoms with Crippen molar-refractivity contribution in [3.05, 3.63) is 30.1 Å². The number of benzene rings is 1. The van der Waals surface area contributed by atoms with Gasteiger partial charge in [0.2, 0.25) is 0 Å². The summed E-state index contributed by atoms with van der Waals surface area (Å²) in [7, 11) is 0. The number of aromatic nitrogens is 2. The zero-order valence-corrected chi connectivity index (χ0v) is 10.5. The third-order valence-electron chi connectivity index (χ3n) is 4.15. The highest BCUT2D eigenvalue weighted by molar-refractivity contribution is 5.76. The third kappa shape index (κ3) is 1.56. The molecule has 3 N–H and O–H groups in total.